The highest BCUT2D eigenvalue weighted by Crippen LogP contribution is 2.29. The summed E-state index contributed by atoms with van der Waals surface area (Å²) < 4.78 is 0. The third-order valence-corrected chi connectivity index (χ3v) is 2.78. The minimum Gasteiger partial charge on any atom is -0.402 e. The third kappa shape index (κ3) is 3.84. The first kappa shape index (κ1) is 10.6. The van der Waals surface area contributed by atoms with Crippen LogP contribution in [0.4, 0.5) is 0 Å². The van der Waals surface area contributed by atoms with E-state index in [2.05, 4.69) is 20.8 Å². The van der Waals surface area contributed by atoms with Crippen LogP contribution in [0.2, 0.25) is 0 Å². The lowest BCUT2D eigenvalue weighted by Crippen LogP contribution is -2.10. The number of hydrogen-bond acceptors (Lipinski definition) is 1. The Labute approximate surface area is 82.4 Å². The standard InChI is InChI=1S/C12H23N/c1-12(2,3)9-5-8-11(13)10-6-4-7-10/h4-9,13H2,1-3H3. The Morgan fingerprint density at radius 3 is 2.31 bits per heavy atom. The van der Waals surface area contributed by atoms with Crippen LogP contribution in [0.1, 0.15) is 59.3 Å². The first-order chi connectivity index (χ1) is 5.99. The van der Waals surface area contributed by atoms with Crippen LogP contribution in [0.5, 0.6) is 0 Å². The lowest BCUT2D eigenvalue weighted by molar-refractivity contribution is 0.364. The van der Waals surface area contributed by atoms with Gasteiger partial charge in [0, 0.05) is 5.70 Å². The summed E-state index contributed by atoms with van der Waals surface area (Å²) in [6.07, 6.45) is 7.53. The van der Waals surface area contributed by atoms with E-state index in [9.17, 15) is 0 Å². The van der Waals surface area contributed by atoms with E-state index in [0.717, 1.165) is 6.42 Å². The molecule has 1 rings (SSSR count). The topological polar surface area (TPSA) is 26.0 Å². The van der Waals surface area contributed by atoms with Gasteiger partial charge >= 0.3 is 0 Å². The van der Waals surface area contributed by atoms with Gasteiger partial charge in [0.2, 0.25) is 0 Å². The van der Waals surface area contributed by atoms with Crippen molar-refractivity contribution in [2.45, 2.75) is 59.3 Å². The van der Waals surface area contributed by atoms with E-state index in [1.54, 1.807) is 0 Å². The summed E-state index contributed by atoms with van der Waals surface area (Å²) in [5.74, 6) is 0. The molecule has 0 spiro atoms. The van der Waals surface area contributed by atoms with Gasteiger partial charge in [-0.1, -0.05) is 26.3 Å². The number of allylic oxidation sites excluding steroid dienone is 2. The lowest BCUT2D eigenvalue weighted by Gasteiger charge is -2.21. The van der Waals surface area contributed by atoms with Crippen LogP contribution in [0.25, 0.3) is 0 Å². The molecule has 0 amide bonds. The van der Waals surface area contributed by atoms with Gasteiger partial charge in [-0.2, -0.15) is 0 Å². The van der Waals surface area contributed by atoms with Crippen LogP contribution in [0.15, 0.2) is 11.3 Å². The minimum absolute atomic E-state index is 0.463. The zero-order valence-electron chi connectivity index (χ0n) is 9.32. The molecule has 76 valence electrons. The van der Waals surface area contributed by atoms with Gasteiger partial charge in [0.25, 0.3) is 0 Å². The zero-order chi connectivity index (χ0) is 9.90. The maximum absolute atomic E-state index is 5.99. The van der Waals surface area contributed by atoms with Crippen molar-refractivity contribution in [2.24, 2.45) is 11.1 Å². The Kier molecular flexibility index (Phi) is 3.40. The molecule has 0 bridgehead atoms. The Bertz CT molecular complexity index is 190. The Morgan fingerprint density at radius 2 is 1.92 bits per heavy atom. The van der Waals surface area contributed by atoms with Crippen molar-refractivity contribution in [1.29, 1.82) is 0 Å². The van der Waals surface area contributed by atoms with Crippen molar-refractivity contribution in [3.63, 3.8) is 0 Å². The van der Waals surface area contributed by atoms with Crippen LogP contribution in [-0.2, 0) is 0 Å². The molecule has 1 aliphatic carbocycles. The van der Waals surface area contributed by atoms with Gasteiger partial charge in [-0.3, -0.25) is 0 Å². The van der Waals surface area contributed by atoms with E-state index in [1.165, 1.54) is 43.4 Å². The smallest absolute Gasteiger partial charge is 0.00723 e. The minimum atomic E-state index is 0.463. The summed E-state index contributed by atoms with van der Waals surface area (Å²) in [5, 5.41) is 0. The zero-order valence-corrected chi connectivity index (χ0v) is 9.32. The van der Waals surface area contributed by atoms with E-state index in [0.29, 0.717) is 5.41 Å². The highest BCUT2D eigenvalue weighted by Gasteiger charge is 2.13. The van der Waals surface area contributed by atoms with Gasteiger partial charge in [-0.05, 0) is 43.9 Å². The number of hydrogen-bond donors (Lipinski definition) is 1. The fourth-order valence-electron chi connectivity index (χ4n) is 1.66. The summed E-state index contributed by atoms with van der Waals surface area (Å²) in [7, 11) is 0. The van der Waals surface area contributed by atoms with Crippen LogP contribution < -0.4 is 5.73 Å². The molecule has 1 heteroatoms. The van der Waals surface area contributed by atoms with Gasteiger partial charge in [-0.15, -0.1) is 0 Å². The van der Waals surface area contributed by atoms with Gasteiger partial charge in [0.05, 0.1) is 0 Å². The van der Waals surface area contributed by atoms with E-state index >= 15 is 0 Å². The van der Waals surface area contributed by atoms with Gasteiger partial charge in [-0.25, -0.2) is 0 Å². The van der Waals surface area contributed by atoms with Crippen molar-refractivity contribution in [2.75, 3.05) is 0 Å². The van der Waals surface area contributed by atoms with Gasteiger partial charge in [0.1, 0.15) is 0 Å². The fraction of sp³-hybridized carbons (Fsp3) is 0.833. The summed E-state index contributed by atoms with van der Waals surface area (Å²) in [6.45, 7) is 6.87. The molecule has 0 aromatic rings. The summed E-state index contributed by atoms with van der Waals surface area (Å²) in [6, 6.07) is 0. The maximum atomic E-state index is 5.99. The van der Waals surface area contributed by atoms with E-state index in [1.807, 2.05) is 0 Å². The molecular formula is C12H23N. The van der Waals surface area contributed by atoms with Crippen molar-refractivity contribution < 1.29 is 0 Å². The van der Waals surface area contributed by atoms with Crippen molar-refractivity contribution in [3.05, 3.63) is 11.3 Å². The van der Waals surface area contributed by atoms with Crippen LogP contribution in [0.3, 0.4) is 0 Å². The summed E-state index contributed by atoms with van der Waals surface area (Å²) >= 11 is 0. The Hall–Kier alpha value is -0.460. The first-order valence-corrected chi connectivity index (χ1v) is 5.45. The van der Waals surface area contributed by atoms with Crippen LogP contribution in [0, 0.1) is 5.41 Å². The molecule has 0 saturated heterocycles. The molecule has 1 aliphatic rings. The third-order valence-electron chi connectivity index (χ3n) is 2.78. The molecule has 13 heavy (non-hydrogen) atoms. The average Bonchev–Trinajstić information content (AvgIpc) is 1.79. The second-order valence-electron chi connectivity index (χ2n) is 5.40. The molecule has 0 unspecified atom stereocenters. The highest BCUT2D eigenvalue weighted by molar-refractivity contribution is 5.16. The lowest BCUT2D eigenvalue weighted by atomic mass is 9.86. The molecule has 2 N–H and O–H groups in total. The Balaban J connectivity index is 2.19. The Morgan fingerprint density at radius 1 is 1.31 bits per heavy atom. The largest absolute Gasteiger partial charge is 0.402 e. The predicted molar refractivity (Wildman–Crippen MR) is 58.4 cm³/mol. The number of nitrogens with two attached hydrogens (primary N) is 1. The molecule has 0 aliphatic heterocycles. The highest BCUT2D eigenvalue weighted by atomic mass is 14.6. The fourth-order valence-corrected chi connectivity index (χ4v) is 1.66. The van der Waals surface area contributed by atoms with Gasteiger partial charge < -0.3 is 5.73 Å². The van der Waals surface area contributed by atoms with Crippen molar-refractivity contribution in [1.82, 2.24) is 0 Å². The maximum Gasteiger partial charge on any atom is 0.00723 e. The molecule has 0 radical (unpaired) electrons. The molecule has 0 atom stereocenters. The van der Waals surface area contributed by atoms with E-state index in [-0.39, 0.29) is 0 Å². The quantitative estimate of drug-likeness (QED) is 0.707. The van der Waals surface area contributed by atoms with Crippen LogP contribution in [-0.4, -0.2) is 0 Å². The second kappa shape index (κ2) is 4.17. The molecule has 0 heterocycles. The summed E-state index contributed by atoms with van der Waals surface area (Å²) in [4.78, 5) is 0. The SMILES string of the molecule is CC(C)(C)CCCC(N)=C1CCC1. The average molecular weight is 181 g/mol. The second-order valence-corrected chi connectivity index (χ2v) is 5.40. The predicted octanol–water partition coefficient (Wildman–Crippen LogP) is 3.60. The molecule has 1 saturated carbocycles. The van der Waals surface area contributed by atoms with E-state index in [4.69, 9.17) is 5.73 Å². The normalized spacial score (nSPS) is 17.0. The monoisotopic (exact) mass is 181 g/mol. The molecule has 1 nitrogen and oxygen atoms in total. The van der Waals surface area contributed by atoms with E-state index < -0.39 is 0 Å². The van der Waals surface area contributed by atoms with Gasteiger partial charge in [0.15, 0.2) is 0 Å². The molecule has 1 fully saturated rings. The first-order valence-electron chi connectivity index (χ1n) is 5.45. The van der Waals surface area contributed by atoms with Crippen LogP contribution >= 0.6 is 0 Å². The van der Waals surface area contributed by atoms with Crippen molar-refractivity contribution in [3.8, 4) is 0 Å². The molecular weight excluding hydrogens is 158 g/mol. The number of rotatable bonds is 3. The summed E-state index contributed by atoms with van der Waals surface area (Å²) in [5.41, 5.74) is 9.18. The van der Waals surface area contributed by atoms with Crippen molar-refractivity contribution >= 4 is 0 Å². The molecule has 0 aromatic carbocycles. The molecule has 0 aromatic heterocycles.